The Kier molecular flexibility index (Phi) is 5.56. The number of hydrogen-bond acceptors (Lipinski definition) is 3. The number of nitrogens with two attached hydrogens (primary N) is 2. The molecular formula is C19H28N5O2+. The summed E-state index contributed by atoms with van der Waals surface area (Å²) in [5, 5.41) is 2.75. The van der Waals surface area contributed by atoms with Gasteiger partial charge in [0.05, 0.1) is 18.7 Å². The molecule has 0 aromatic heterocycles. The van der Waals surface area contributed by atoms with Crippen LogP contribution in [-0.2, 0) is 4.79 Å². The van der Waals surface area contributed by atoms with E-state index in [9.17, 15) is 9.59 Å². The van der Waals surface area contributed by atoms with E-state index in [0.29, 0.717) is 37.5 Å². The molecule has 2 heterocycles. The summed E-state index contributed by atoms with van der Waals surface area (Å²) in [4.78, 5) is 26.8. The Morgan fingerprint density at radius 2 is 1.62 bits per heavy atom. The molecule has 2 aliphatic rings. The van der Waals surface area contributed by atoms with Crippen molar-refractivity contribution in [1.29, 1.82) is 0 Å². The molecule has 140 valence electrons. The molecule has 0 spiro atoms. The fourth-order valence-electron chi connectivity index (χ4n) is 4.02. The SMILES string of the molecule is NC(=O)C1(N2CCCCC2)CC[N+](=C(N)NC(=O)c2ccccc2)CC1. The highest BCUT2D eigenvalue weighted by Crippen LogP contribution is 2.30. The van der Waals surface area contributed by atoms with Gasteiger partial charge in [-0.1, -0.05) is 24.6 Å². The first-order chi connectivity index (χ1) is 12.5. The Labute approximate surface area is 154 Å². The van der Waals surface area contributed by atoms with Gasteiger partial charge in [-0.05, 0) is 38.1 Å². The number of hydrogen-bond donors (Lipinski definition) is 3. The fraction of sp³-hybridized carbons (Fsp3) is 0.526. The molecule has 26 heavy (non-hydrogen) atoms. The number of rotatable bonds is 3. The maximum Gasteiger partial charge on any atom is 0.350 e. The normalized spacial score (nSPS) is 24.1. The molecule has 7 nitrogen and oxygen atoms in total. The van der Waals surface area contributed by atoms with Gasteiger partial charge in [0.25, 0.3) is 0 Å². The predicted octanol–water partition coefficient (Wildman–Crippen LogP) is 0.247. The molecule has 0 aliphatic carbocycles. The van der Waals surface area contributed by atoms with Crippen molar-refractivity contribution in [1.82, 2.24) is 10.2 Å². The number of benzene rings is 1. The molecule has 0 atom stereocenters. The second kappa shape index (κ2) is 7.86. The van der Waals surface area contributed by atoms with Crippen LogP contribution in [0.3, 0.4) is 0 Å². The first kappa shape index (κ1) is 18.4. The van der Waals surface area contributed by atoms with Crippen LogP contribution >= 0.6 is 0 Å². The lowest BCUT2D eigenvalue weighted by Gasteiger charge is -2.45. The van der Waals surface area contributed by atoms with E-state index in [4.69, 9.17) is 11.5 Å². The average molecular weight is 358 g/mol. The van der Waals surface area contributed by atoms with Gasteiger partial charge < -0.3 is 5.73 Å². The lowest BCUT2D eigenvalue weighted by atomic mass is 9.84. The maximum absolute atomic E-state index is 12.3. The Balaban J connectivity index is 1.68. The van der Waals surface area contributed by atoms with Crippen LogP contribution in [0.25, 0.3) is 0 Å². The van der Waals surface area contributed by atoms with E-state index in [-0.39, 0.29) is 11.8 Å². The molecular weight excluding hydrogens is 330 g/mol. The van der Waals surface area contributed by atoms with Gasteiger partial charge in [-0.2, -0.15) is 0 Å². The van der Waals surface area contributed by atoms with Crippen molar-refractivity contribution >= 4 is 17.8 Å². The zero-order valence-corrected chi connectivity index (χ0v) is 15.1. The van der Waals surface area contributed by atoms with Crippen LogP contribution in [0.4, 0.5) is 0 Å². The van der Waals surface area contributed by atoms with Crippen molar-refractivity contribution in [2.75, 3.05) is 26.2 Å². The Morgan fingerprint density at radius 3 is 2.19 bits per heavy atom. The molecule has 2 saturated heterocycles. The van der Waals surface area contributed by atoms with Crippen molar-refractivity contribution in [3.8, 4) is 0 Å². The maximum atomic E-state index is 12.3. The van der Waals surface area contributed by atoms with E-state index in [1.807, 2.05) is 22.8 Å². The second-order valence-electron chi connectivity index (χ2n) is 7.14. The molecule has 5 N–H and O–H groups in total. The Hall–Kier alpha value is -2.41. The van der Waals surface area contributed by atoms with Crippen molar-refractivity contribution in [3.05, 3.63) is 35.9 Å². The number of amides is 2. The third kappa shape index (κ3) is 3.72. The van der Waals surface area contributed by atoms with Crippen LogP contribution in [0.1, 0.15) is 42.5 Å². The lowest BCUT2D eigenvalue weighted by molar-refractivity contribution is -0.545. The molecule has 0 bridgehead atoms. The van der Waals surface area contributed by atoms with Gasteiger partial charge in [0.1, 0.15) is 5.54 Å². The summed E-state index contributed by atoms with van der Waals surface area (Å²) < 4.78 is 1.92. The number of piperidine rings is 2. The average Bonchev–Trinajstić information content (AvgIpc) is 2.69. The summed E-state index contributed by atoms with van der Waals surface area (Å²) in [6.45, 7) is 3.04. The van der Waals surface area contributed by atoms with Crippen LogP contribution in [0.15, 0.2) is 30.3 Å². The summed E-state index contributed by atoms with van der Waals surface area (Å²) in [6.07, 6.45) is 4.69. The Morgan fingerprint density at radius 1 is 1.00 bits per heavy atom. The van der Waals surface area contributed by atoms with Gasteiger partial charge in [0.2, 0.25) is 5.91 Å². The second-order valence-corrected chi connectivity index (χ2v) is 7.14. The first-order valence-electron chi connectivity index (χ1n) is 9.32. The molecule has 0 saturated carbocycles. The van der Waals surface area contributed by atoms with E-state index in [1.54, 1.807) is 12.1 Å². The van der Waals surface area contributed by atoms with Crippen molar-refractivity contribution in [3.63, 3.8) is 0 Å². The van der Waals surface area contributed by atoms with Crippen LogP contribution in [-0.4, -0.2) is 59.0 Å². The minimum atomic E-state index is -0.583. The van der Waals surface area contributed by atoms with Gasteiger partial charge in [0.15, 0.2) is 0 Å². The van der Waals surface area contributed by atoms with E-state index in [2.05, 4.69) is 10.2 Å². The van der Waals surface area contributed by atoms with Crippen LogP contribution < -0.4 is 16.8 Å². The smallest absolute Gasteiger partial charge is 0.350 e. The fourth-order valence-corrected chi connectivity index (χ4v) is 4.02. The number of carbonyl (C=O) groups excluding carboxylic acids is 2. The van der Waals surface area contributed by atoms with Crippen molar-refractivity contribution < 1.29 is 14.2 Å². The number of nitrogens with one attached hydrogen (secondary N) is 1. The van der Waals surface area contributed by atoms with Gasteiger partial charge in [-0.25, -0.2) is 5.32 Å². The topological polar surface area (TPSA) is 104 Å². The quantitative estimate of drug-likeness (QED) is 0.532. The third-order valence-corrected chi connectivity index (χ3v) is 5.63. The number of guanidine groups is 1. The predicted molar refractivity (Wildman–Crippen MR) is 99.7 cm³/mol. The first-order valence-corrected chi connectivity index (χ1v) is 9.32. The minimum Gasteiger partial charge on any atom is -0.368 e. The summed E-state index contributed by atoms with van der Waals surface area (Å²) >= 11 is 0. The van der Waals surface area contributed by atoms with E-state index in [1.165, 1.54) is 6.42 Å². The number of nitrogens with zero attached hydrogens (tertiary/aromatic N) is 2. The molecule has 0 unspecified atom stereocenters. The van der Waals surface area contributed by atoms with Gasteiger partial charge in [-0.15, -0.1) is 0 Å². The van der Waals surface area contributed by atoms with Crippen LogP contribution in [0, 0.1) is 0 Å². The highest BCUT2D eigenvalue weighted by atomic mass is 16.2. The zero-order valence-electron chi connectivity index (χ0n) is 15.1. The van der Waals surface area contributed by atoms with E-state index in [0.717, 1.165) is 25.9 Å². The minimum absolute atomic E-state index is 0.231. The molecule has 1 aromatic rings. The lowest BCUT2D eigenvalue weighted by Crippen LogP contribution is -2.63. The summed E-state index contributed by atoms with van der Waals surface area (Å²) in [5.74, 6) is -0.146. The van der Waals surface area contributed by atoms with Crippen molar-refractivity contribution in [2.45, 2.75) is 37.6 Å². The highest BCUT2D eigenvalue weighted by molar-refractivity contribution is 6.03. The molecule has 7 heteroatoms. The van der Waals surface area contributed by atoms with Crippen LogP contribution in [0.5, 0.6) is 0 Å². The largest absolute Gasteiger partial charge is 0.368 e. The van der Waals surface area contributed by atoms with Gasteiger partial charge in [-0.3, -0.25) is 24.8 Å². The van der Waals surface area contributed by atoms with Crippen LogP contribution in [0.2, 0.25) is 0 Å². The number of likely N-dealkylation sites (tertiary alicyclic amines) is 1. The number of carbonyl (C=O) groups is 2. The molecule has 1 aromatic carbocycles. The molecule has 0 radical (unpaired) electrons. The highest BCUT2D eigenvalue weighted by Gasteiger charge is 2.45. The Bertz CT molecular complexity index is 685. The van der Waals surface area contributed by atoms with Gasteiger partial charge in [0, 0.05) is 12.8 Å². The summed E-state index contributed by atoms with van der Waals surface area (Å²) in [6, 6.07) is 8.97. The molecule has 2 fully saturated rings. The standard InChI is InChI=1S/C19H27N5O2/c20-17(26)19(24-11-5-2-6-12-24)9-13-23(14-10-19)18(21)22-16(25)15-7-3-1-4-8-15/h1,3-4,7-8H,2,5-6,9-14H2,(H4,20,21,22,25,26)/p+1. The molecule has 2 amide bonds. The van der Waals surface area contributed by atoms with E-state index >= 15 is 0 Å². The monoisotopic (exact) mass is 358 g/mol. The summed E-state index contributed by atoms with van der Waals surface area (Å²) in [5.41, 5.74) is 11.9. The third-order valence-electron chi connectivity index (χ3n) is 5.63. The molecule has 2 aliphatic heterocycles. The summed E-state index contributed by atoms with van der Waals surface area (Å²) in [7, 11) is 0. The number of primary amides is 1. The van der Waals surface area contributed by atoms with Gasteiger partial charge >= 0.3 is 11.9 Å². The van der Waals surface area contributed by atoms with Crippen molar-refractivity contribution in [2.24, 2.45) is 11.5 Å². The zero-order chi connectivity index (χ0) is 18.6. The molecule has 3 rings (SSSR count). The van der Waals surface area contributed by atoms with E-state index < -0.39 is 5.54 Å².